The van der Waals surface area contributed by atoms with Gasteiger partial charge in [-0.2, -0.15) is 0 Å². The highest BCUT2D eigenvalue weighted by atomic mass is 32.2. The number of thioether (sulfide) groups is 1. The third kappa shape index (κ3) is 4.25. The van der Waals surface area contributed by atoms with Crippen LogP contribution in [0.15, 0.2) is 52.2 Å². The number of aryl methyl sites for hydroxylation is 1. The van der Waals surface area contributed by atoms with Gasteiger partial charge in [0.05, 0.1) is 12.0 Å². The summed E-state index contributed by atoms with van der Waals surface area (Å²) in [6.07, 6.45) is 1.49. The van der Waals surface area contributed by atoms with Crippen LogP contribution in [0.3, 0.4) is 0 Å². The van der Waals surface area contributed by atoms with Crippen LogP contribution in [0.5, 0.6) is 0 Å². The highest BCUT2D eigenvalue weighted by Crippen LogP contribution is 2.23. The average molecular weight is 426 g/mol. The number of carbonyl (C=O) groups excluding carboxylic acids is 2. The molecule has 1 aromatic carbocycles. The van der Waals surface area contributed by atoms with Gasteiger partial charge in [0.1, 0.15) is 0 Å². The predicted octanol–water partition coefficient (Wildman–Crippen LogP) is 2.46. The molecule has 0 atom stereocenters. The van der Waals surface area contributed by atoms with Gasteiger partial charge in [-0.05, 0) is 19.1 Å². The van der Waals surface area contributed by atoms with Crippen LogP contribution < -0.4 is 0 Å². The lowest BCUT2D eigenvalue weighted by Gasteiger charge is -2.34. The van der Waals surface area contributed by atoms with Gasteiger partial charge in [0, 0.05) is 38.8 Å². The summed E-state index contributed by atoms with van der Waals surface area (Å²) in [7, 11) is 1.90. The Bertz CT molecular complexity index is 1020. The fourth-order valence-corrected chi connectivity index (χ4v) is 4.14. The minimum Gasteiger partial charge on any atom is -0.459 e. The molecule has 156 valence electrons. The van der Waals surface area contributed by atoms with Gasteiger partial charge in [0.15, 0.2) is 16.7 Å². The predicted molar refractivity (Wildman–Crippen MR) is 113 cm³/mol. The maximum Gasteiger partial charge on any atom is 0.289 e. The Labute approximate surface area is 178 Å². The van der Waals surface area contributed by atoms with Crippen LogP contribution in [0.1, 0.15) is 16.1 Å². The molecule has 0 spiro atoms. The largest absolute Gasteiger partial charge is 0.459 e. The molecule has 9 heteroatoms. The first kappa shape index (κ1) is 20.2. The van der Waals surface area contributed by atoms with Crippen LogP contribution in [0.2, 0.25) is 0 Å². The molecule has 2 aromatic heterocycles. The Balaban J connectivity index is 1.30. The zero-order chi connectivity index (χ0) is 21.1. The maximum absolute atomic E-state index is 12.6. The number of amides is 2. The van der Waals surface area contributed by atoms with E-state index in [1.54, 1.807) is 21.9 Å². The molecule has 8 nitrogen and oxygen atoms in total. The molecule has 1 fully saturated rings. The first-order valence-corrected chi connectivity index (χ1v) is 10.7. The fourth-order valence-electron chi connectivity index (χ4n) is 3.33. The van der Waals surface area contributed by atoms with E-state index >= 15 is 0 Å². The second-order valence-electron chi connectivity index (χ2n) is 7.17. The number of hydrogen-bond acceptors (Lipinski definition) is 6. The molecule has 0 unspecified atom stereocenters. The van der Waals surface area contributed by atoms with Gasteiger partial charge in [0.25, 0.3) is 5.91 Å². The Morgan fingerprint density at radius 2 is 1.73 bits per heavy atom. The zero-order valence-corrected chi connectivity index (χ0v) is 17.8. The molecule has 1 aliphatic heterocycles. The average Bonchev–Trinajstić information content (AvgIpc) is 3.43. The van der Waals surface area contributed by atoms with Crippen molar-refractivity contribution in [2.45, 2.75) is 12.1 Å². The van der Waals surface area contributed by atoms with E-state index in [-0.39, 0.29) is 17.6 Å². The second-order valence-corrected chi connectivity index (χ2v) is 8.11. The van der Waals surface area contributed by atoms with Crippen LogP contribution in [0, 0.1) is 6.92 Å². The SMILES string of the molecule is Cc1ccc(-c2nnc(SCC(=O)N3CCN(C(=O)c4ccco4)CC3)n2C)cc1. The van der Waals surface area contributed by atoms with Gasteiger partial charge in [-0.25, -0.2) is 0 Å². The van der Waals surface area contributed by atoms with Crippen molar-refractivity contribution in [2.75, 3.05) is 31.9 Å². The second kappa shape index (κ2) is 8.74. The number of aromatic nitrogens is 3. The molecule has 0 N–H and O–H groups in total. The van der Waals surface area contributed by atoms with Gasteiger partial charge in [0.2, 0.25) is 5.91 Å². The highest BCUT2D eigenvalue weighted by molar-refractivity contribution is 7.99. The molecule has 3 aromatic rings. The van der Waals surface area contributed by atoms with Crippen LogP contribution in [-0.4, -0.2) is 68.3 Å². The molecular weight excluding hydrogens is 402 g/mol. The van der Waals surface area contributed by atoms with Crippen molar-refractivity contribution < 1.29 is 14.0 Å². The molecule has 1 saturated heterocycles. The third-order valence-electron chi connectivity index (χ3n) is 5.12. The van der Waals surface area contributed by atoms with Crippen molar-refractivity contribution in [3.8, 4) is 11.4 Å². The lowest BCUT2D eigenvalue weighted by Crippen LogP contribution is -2.51. The molecule has 0 radical (unpaired) electrons. The van der Waals surface area contributed by atoms with E-state index in [1.165, 1.54) is 23.6 Å². The molecule has 3 heterocycles. The van der Waals surface area contributed by atoms with E-state index in [2.05, 4.69) is 10.2 Å². The zero-order valence-electron chi connectivity index (χ0n) is 16.9. The normalized spacial score (nSPS) is 14.2. The van der Waals surface area contributed by atoms with Gasteiger partial charge < -0.3 is 18.8 Å². The van der Waals surface area contributed by atoms with Crippen molar-refractivity contribution in [3.05, 3.63) is 54.0 Å². The Hall–Kier alpha value is -3.07. The number of piperazine rings is 1. The quantitative estimate of drug-likeness (QED) is 0.584. The molecule has 0 bridgehead atoms. The van der Waals surface area contributed by atoms with E-state index in [9.17, 15) is 9.59 Å². The topological polar surface area (TPSA) is 84.5 Å². The van der Waals surface area contributed by atoms with E-state index in [0.717, 1.165) is 11.4 Å². The standard InChI is InChI=1S/C21H23N5O3S/c1-15-5-7-16(8-6-15)19-22-23-21(24(19)2)30-14-18(27)25-9-11-26(12-10-25)20(28)17-4-3-13-29-17/h3-8,13H,9-12,14H2,1-2H3. The smallest absolute Gasteiger partial charge is 0.289 e. The minimum atomic E-state index is -0.135. The van der Waals surface area contributed by atoms with Crippen molar-refractivity contribution >= 4 is 23.6 Å². The van der Waals surface area contributed by atoms with Gasteiger partial charge in [-0.15, -0.1) is 10.2 Å². The number of nitrogens with zero attached hydrogens (tertiary/aromatic N) is 5. The van der Waals surface area contributed by atoms with E-state index in [0.29, 0.717) is 37.1 Å². The summed E-state index contributed by atoms with van der Waals surface area (Å²) < 4.78 is 7.08. The summed E-state index contributed by atoms with van der Waals surface area (Å²) in [4.78, 5) is 28.5. The van der Waals surface area contributed by atoms with Crippen LogP contribution >= 0.6 is 11.8 Å². The summed E-state index contributed by atoms with van der Waals surface area (Å²) in [5.41, 5.74) is 2.18. The van der Waals surface area contributed by atoms with Crippen LogP contribution in [0.25, 0.3) is 11.4 Å². The summed E-state index contributed by atoms with van der Waals surface area (Å²) in [6, 6.07) is 11.5. The van der Waals surface area contributed by atoms with Gasteiger partial charge >= 0.3 is 0 Å². The van der Waals surface area contributed by atoms with Crippen molar-refractivity contribution in [1.82, 2.24) is 24.6 Å². The van der Waals surface area contributed by atoms with Gasteiger partial charge in [-0.3, -0.25) is 9.59 Å². The Morgan fingerprint density at radius 3 is 2.40 bits per heavy atom. The molecule has 2 amide bonds. The lowest BCUT2D eigenvalue weighted by atomic mass is 10.1. The van der Waals surface area contributed by atoms with E-state index in [4.69, 9.17) is 4.42 Å². The summed E-state index contributed by atoms with van der Waals surface area (Å²) in [6.45, 7) is 4.06. The number of carbonyl (C=O) groups is 2. The number of rotatable bonds is 5. The van der Waals surface area contributed by atoms with Crippen molar-refractivity contribution in [3.63, 3.8) is 0 Å². The summed E-state index contributed by atoms with van der Waals surface area (Å²) in [5, 5.41) is 9.21. The molecule has 0 aliphatic carbocycles. The molecule has 30 heavy (non-hydrogen) atoms. The Morgan fingerprint density at radius 1 is 1.03 bits per heavy atom. The monoisotopic (exact) mass is 425 g/mol. The molecule has 1 aliphatic rings. The van der Waals surface area contributed by atoms with Gasteiger partial charge in [-0.1, -0.05) is 41.6 Å². The number of benzene rings is 1. The molecule has 4 rings (SSSR count). The lowest BCUT2D eigenvalue weighted by molar-refractivity contribution is -0.129. The summed E-state index contributed by atoms with van der Waals surface area (Å²) >= 11 is 1.38. The first-order chi connectivity index (χ1) is 14.5. The van der Waals surface area contributed by atoms with Crippen LogP contribution in [0.4, 0.5) is 0 Å². The highest BCUT2D eigenvalue weighted by Gasteiger charge is 2.26. The molecule has 0 saturated carbocycles. The fraction of sp³-hybridized carbons (Fsp3) is 0.333. The van der Waals surface area contributed by atoms with E-state index < -0.39 is 0 Å². The van der Waals surface area contributed by atoms with E-state index in [1.807, 2.05) is 42.8 Å². The minimum absolute atomic E-state index is 0.0324. The van der Waals surface area contributed by atoms with Crippen LogP contribution in [-0.2, 0) is 11.8 Å². The summed E-state index contributed by atoms with van der Waals surface area (Å²) in [5.74, 6) is 1.28. The molecular formula is C21H23N5O3S. The Kier molecular flexibility index (Phi) is 5.89. The van der Waals surface area contributed by atoms with Crippen molar-refractivity contribution in [2.24, 2.45) is 7.05 Å². The maximum atomic E-state index is 12.6. The first-order valence-electron chi connectivity index (χ1n) is 9.72. The number of furan rings is 1. The number of hydrogen-bond donors (Lipinski definition) is 0. The van der Waals surface area contributed by atoms with Crippen molar-refractivity contribution in [1.29, 1.82) is 0 Å². The third-order valence-corrected chi connectivity index (χ3v) is 6.13.